The average molecular weight is 342 g/mol. The van der Waals surface area contributed by atoms with Gasteiger partial charge in [0.05, 0.1) is 5.71 Å². The number of oxime groups is 1. The van der Waals surface area contributed by atoms with Crippen LogP contribution in [0.5, 0.6) is 5.75 Å². The van der Waals surface area contributed by atoms with Crippen LogP contribution in [0.25, 0.3) is 0 Å². The first-order valence-corrected chi connectivity index (χ1v) is 9.28. The molecule has 25 heavy (non-hydrogen) atoms. The van der Waals surface area contributed by atoms with E-state index < -0.39 is 5.91 Å². The molecule has 0 unspecified atom stereocenters. The highest BCUT2D eigenvalue weighted by atomic mass is 16.6. The molecule has 5 heteroatoms. The molecule has 134 valence electrons. The molecule has 3 aliphatic carbocycles. The lowest BCUT2D eigenvalue weighted by molar-refractivity contribution is -0.122. The molecule has 0 saturated heterocycles. The zero-order valence-corrected chi connectivity index (χ0v) is 14.7. The van der Waals surface area contributed by atoms with Gasteiger partial charge in [-0.3, -0.25) is 4.79 Å². The third-order valence-electron chi connectivity index (χ3n) is 6.83. The summed E-state index contributed by atoms with van der Waals surface area (Å²) in [5.41, 5.74) is 9.07. The molecule has 0 spiro atoms. The molecular formula is C20H26N2O3. The van der Waals surface area contributed by atoms with Crippen molar-refractivity contribution >= 4 is 11.6 Å². The van der Waals surface area contributed by atoms with Gasteiger partial charge in [0, 0.05) is 5.41 Å². The first-order valence-electron chi connectivity index (χ1n) is 9.28. The SMILES string of the molecule is C[C@]12CC[C@@H]3c4ccc(O)cc4CC[C@H]3[C@@H]1CCC2=NOCC(N)=O. The van der Waals surface area contributed by atoms with E-state index >= 15 is 0 Å². The number of primary amides is 1. The molecule has 3 N–H and O–H groups in total. The van der Waals surface area contributed by atoms with E-state index in [2.05, 4.69) is 18.1 Å². The van der Waals surface area contributed by atoms with Crippen LogP contribution in [0.3, 0.4) is 0 Å². The molecule has 0 aromatic heterocycles. The van der Waals surface area contributed by atoms with E-state index in [9.17, 15) is 9.90 Å². The van der Waals surface area contributed by atoms with E-state index in [0.29, 0.717) is 23.5 Å². The summed E-state index contributed by atoms with van der Waals surface area (Å²) in [6.45, 7) is 2.17. The number of rotatable bonds is 3. The zero-order valence-electron chi connectivity index (χ0n) is 14.7. The van der Waals surface area contributed by atoms with Gasteiger partial charge in [0.25, 0.3) is 5.91 Å². The van der Waals surface area contributed by atoms with Crippen LogP contribution in [0, 0.1) is 17.3 Å². The minimum absolute atomic E-state index is 0.0766. The third kappa shape index (κ3) is 2.70. The lowest BCUT2D eigenvalue weighted by Gasteiger charge is -2.49. The number of aromatic hydroxyl groups is 1. The largest absolute Gasteiger partial charge is 0.508 e. The van der Waals surface area contributed by atoms with Crippen LogP contribution in [-0.4, -0.2) is 23.3 Å². The second kappa shape index (κ2) is 6.04. The minimum Gasteiger partial charge on any atom is -0.508 e. The number of nitrogens with two attached hydrogens (primary N) is 1. The van der Waals surface area contributed by atoms with Crippen molar-refractivity contribution < 1.29 is 14.7 Å². The van der Waals surface area contributed by atoms with Crippen molar-refractivity contribution in [2.45, 2.75) is 51.4 Å². The predicted octanol–water partition coefficient (Wildman–Crippen LogP) is 3.11. The Hall–Kier alpha value is -2.04. The standard InChI is InChI=1S/C20H26N2O3/c1-20-9-8-15-14-5-3-13(23)10-12(14)2-4-16(15)17(20)6-7-18(20)22-25-11-19(21)24/h3,5,10,15-17,23H,2,4,6-9,11H2,1H3,(H2,21,24)/t15-,16-,17+,20+/m1/s1. The van der Waals surface area contributed by atoms with Gasteiger partial charge in [0.2, 0.25) is 0 Å². The average Bonchev–Trinajstić information content (AvgIpc) is 2.91. The summed E-state index contributed by atoms with van der Waals surface area (Å²) in [7, 11) is 0. The van der Waals surface area contributed by atoms with Gasteiger partial charge in [0.1, 0.15) is 5.75 Å². The Morgan fingerprint density at radius 1 is 1.36 bits per heavy atom. The quantitative estimate of drug-likeness (QED) is 0.828. The van der Waals surface area contributed by atoms with Crippen LogP contribution in [-0.2, 0) is 16.1 Å². The van der Waals surface area contributed by atoms with Crippen LogP contribution >= 0.6 is 0 Å². The number of aryl methyl sites for hydroxylation is 1. The van der Waals surface area contributed by atoms with Gasteiger partial charge >= 0.3 is 0 Å². The lowest BCUT2D eigenvalue weighted by atomic mass is 9.55. The number of carbonyl (C=O) groups excluding carboxylic acids is 1. The van der Waals surface area contributed by atoms with Gasteiger partial charge in [-0.15, -0.1) is 0 Å². The molecule has 1 aromatic carbocycles. The number of fused-ring (bicyclic) bond motifs is 5. The molecule has 4 atom stereocenters. The third-order valence-corrected chi connectivity index (χ3v) is 6.83. The molecule has 3 aliphatic rings. The van der Waals surface area contributed by atoms with E-state index in [0.717, 1.165) is 37.8 Å². The van der Waals surface area contributed by atoms with Gasteiger partial charge in [-0.2, -0.15) is 0 Å². The molecule has 2 saturated carbocycles. The van der Waals surface area contributed by atoms with Gasteiger partial charge < -0.3 is 15.7 Å². The fraction of sp³-hybridized carbons (Fsp3) is 0.600. The highest BCUT2D eigenvalue weighted by Gasteiger charge is 2.53. The van der Waals surface area contributed by atoms with Crippen LogP contribution in [0.4, 0.5) is 0 Å². The Labute approximate surface area is 148 Å². The molecule has 0 bridgehead atoms. The highest BCUT2D eigenvalue weighted by Crippen LogP contribution is 2.59. The van der Waals surface area contributed by atoms with Gasteiger partial charge in [0.15, 0.2) is 6.61 Å². The Morgan fingerprint density at radius 2 is 2.20 bits per heavy atom. The number of phenolic OH excluding ortho intramolecular Hbond substituents is 1. The maximum absolute atomic E-state index is 10.9. The second-order valence-corrected chi connectivity index (χ2v) is 8.07. The molecule has 5 nitrogen and oxygen atoms in total. The maximum atomic E-state index is 10.9. The zero-order chi connectivity index (χ0) is 17.6. The molecule has 0 heterocycles. The van der Waals surface area contributed by atoms with Gasteiger partial charge in [-0.1, -0.05) is 18.1 Å². The monoisotopic (exact) mass is 342 g/mol. The summed E-state index contributed by atoms with van der Waals surface area (Å²) in [6.07, 6.45) is 6.55. The van der Waals surface area contributed by atoms with E-state index in [1.807, 2.05) is 12.1 Å². The van der Waals surface area contributed by atoms with Crippen molar-refractivity contribution in [3.05, 3.63) is 29.3 Å². The van der Waals surface area contributed by atoms with E-state index in [4.69, 9.17) is 10.6 Å². The molecule has 1 aromatic rings. The van der Waals surface area contributed by atoms with Crippen LogP contribution in [0.15, 0.2) is 23.4 Å². The minimum atomic E-state index is -0.486. The molecule has 2 fully saturated rings. The second-order valence-electron chi connectivity index (χ2n) is 8.07. The Kier molecular flexibility index (Phi) is 3.97. The van der Waals surface area contributed by atoms with Gasteiger partial charge in [-0.05, 0) is 79.5 Å². The summed E-state index contributed by atoms with van der Waals surface area (Å²) < 4.78 is 0. The van der Waals surface area contributed by atoms with Crippen molar-refractivity contribution in [3.8, 4) is 5.75 Å². The summed E-state index contributed by atoms with van der Waals surface area (Å²) in [4.78, 5) is 16.1. The Morgan fingerprint density at radius 3 is 3.00 bits per heavy atom. The Balaban J connectivity index is 1.58. The first kappa shape index (κ1) is 16.4. The lowest BCUT2D eigenvalue weighted by Crippen LogP contribution is -2.42. The maximum Gasteiger partial charge on any atom is 0.258 e. The molecule has 0 aliphatic heterocycles. The fourth-order valence-corrected chi connectivity index (χ4v) is 5.68. The number of carbonyl (C=O) groups is 1. The molecule has 1 amide bonds. The normalized spacial score (nSPS) is 34.9. The summed E-state index contributed by atoms with van der Waals surface area (Å²) in [5.74, 6) is 1.76. The summed E-state index contributed by atoms with van der Waals surface area (Å²) in [5, 5.41) is 14.1. The number of amides is 1. The summed E-state index contributed by atoms with van der Waals surface area (Å²) >= 11 is 0. The number of phenols is 1. The number of hydrogen-bond acceptors (Lipinski definition) is 4. The van der Waals surface area contributed by atoms with Crippen LogP contribution < -0.4 is 5.73 Å². The van der Waals surface area contributed by atoms with Crippen molar-refractivity contribution in [3.63, 3.8) is 0 Å². The first-order chi connectivity index (χ1) is 12.0. The van der Waals surface area contributed by atoms with Crippen molar-refractivity contribution in [1.82, 2.24) is 0 Å². The number of nitrogens with zero attached hydrogens (tertiary/aromatic N) is 1. The van der Waals surface area contributed by atoms with Crippen LogP contribution in [0.1, 0.15) is 56.1 Å². The summed E-state index contributed by atoms with van der Waals surface area (Å²) in [6, 6.07) is 5.90. The predicted molar refractivity (Wildman–Crippen MR) is 95.3 cm³/mol. The van der Waals surface area contributed by atoms with Crippen molar-refractivity contribution in [2.75, 3.05) is 6.61 Å². The van der Waals surface area contributed by atoms with E-state index in [1.165, 1.54) is 17.5 Å². The van der Waals surface area contributed by atoms with E-state index in [1.54, 1.807) is 0 Å². The number of benzene rings is 1. The number of hydrogen-bond donors (Lipinski definition) is 2. The molecule has 4 rings (SSSR count). The fourth-order valence-electron chi connectivity index (χ4n) is 5.68. The highest BCUT2D eigenvalue weighted by molar-refractivity contribution is 5.92. The molecular weight excluding hydrogens is 316 g/mol. The van der Waals surface area contributed by atoms with Crippen LogP contribution in [0.2, 0.25) is 0 Å². The molecule has 0 radical (unpaired) electrons. The Bertz CT molecular complexity index is 730. The van der Waals surface area contributed by atoms with Crippen molar-refractivity contribution in [2.24, 2.45) is 28.1 Å². The van der Waals surface area contributed by atoms with Gasteiger partial charge in [-0.25, -0.2) is 0 Å². The topological polar surface area (TPSA) is 84.9 Å². The van der Waals surface area contributed by atoms with Crippen molar-refractivity contribution in [1.29, 1.82) is 0 Å². The smallest absolute Gasteiger partial charge is 0.258 e. The van der Waals surface area contributed by atoms with E-state index in [-0.39, 0.29) is 12.0 Å².